The molecule has 0 aromatic carbocycles. The van der Waals surface area contributed by atoms with Gasteiger partial charge in [-0.25, -0.2) is 4.98 Å². The molecular weight excluding hydrogens is 415 g/mol. The van der Waals surface area contributed by atoms with Crippen molar-refractivity contribution in [2.24, 2.45) is 0 Å². The van der Waals surface area contributed by atoms with Crippen molar-refractivity contribution in [1.29, 1.82) is 0 Å². The number of carbonyl (C=O) groups is 1. The number of H-pyrrole nitrogens is 1. The minimum Gasteiger partial charge on any atom is -0.468 e. The van der Waals surface area contributed by atoms with Crippen LogP contribution in [-0.2, 0) is 4.79 Å². The number of hydrogen-bond donors (Lipinski definition) is 2. The lowest BCUT2D eigenvalue weighted by molar-refractivity contribution is -0.154. The third-order valence-electron chi connectivity index (χ3n) is 3.60. The molecule has 0 saturated heterocycles. The maximum atomic E-state index is 12.6. The second-order valence-corrected chi connectivity index (χ2v) is 6.99. The van der Waals surface area contributed by atoms with Crippen LogP contribution >= 0.6 is 23.6 Å². The molecule has 0 saturated carbocycles. The zero-order valence-corrected chi connectivity index (χ0v) is 16.0. The van der Waals surface area contributed by atoms with Gasteiger partial charge >= 0.3 is 6.18 Å². The van der Waals surface area contributed by atoms with Crippen molar-refractivity contribution in [3.05, 3.63) is 40.6 Å². The molecule has 0 aliphatic heterocycles. The Labute approximate surface area is 166 Å². The van der Waals surface area contributed by atoms with Gasteiger partial charge in [-0.1, -0.05) is 6.07 Å². The van der Waals surface area contributed by atoms with E-state index in [0.717, 1.165) is 4.88 Å². The number of pyridine rings is 1. The summed E-state index contributed by atoms with van der Waals surface area (Å²) in [4.78, 5) is 17.2. The summed E-state index contributed by atoms with van der Waals surface area (Å²) in [5.74, 6) is -0.0434. The molecule has 3 heterocycles. The average Bonchev–Trinajstić information content (AvgIpc) is 3.29. The molecular formula is C16H14F3N5O2S2. The van der Waals surface area contributed by atoms with Crippen LogP contribution in [0.5, 0.6) is 5.88 Å². The largest absolute Gasteiger partial charge is 0.468 e. The highest BCUT2D eigenvalue weighted by molar-refractivity contribution is 7.71. The van der Waals surface area contributed by atoms with Crippen LogP contribution in [0.3, 0.4) is 0 Å². The number of anilines is 1. The Morgan fingerprint density at radius 2 is 2.21 bits per heavy atom. The van der Waals surface area contributed by atoms with Crippen molar-refractivity contribution in [2.75, 3.05) is 11.9 Å². The molecule has 148 valence electrons. The van der Waals surface area contributed by atoms with Crippen LogP contribution in [0.2, 0.25) is 0 Å². The molecule has 2 N–H and O–H groups in total. The van der Waals surface area contributed by atoms with Crippen molar-refractivity contribution in [3.63, 3.8) is 0 Å². The number of ether oxygens (including phenoxy) is 1. The summed E-state index contributed by atoms with van der Waals surface area (Å²) in [5, 5.41) is 11.4. The first-order valence-electron chi connectivity index (χ1n) is 7.92. The molecule has 0 aliphatic rings. The van der Waals surface area contributed by atoms with E-state index in [9.17, 15) is 18.0 Å². The number of aromatic nitrogens is 4. The van der Waals surface area contributed by atoms with Crippen molar-refractivity contribution < 1.29 is 22.7 Å². The number of rotatable bonds is 6. The van der Waals surface area contributed by atoms with E-state index in [1.807, 2.05) is 17.5 Å². The van der Waals surface area contributed by atoms with Gasteiger partial charge in [0.15, 0.2) is 17.2 Å². The summed E-state index contributed by atoms with van der Waals surface area (Å²) < 4.78 is 42.9. The number of nitrogens with zero attached hydrogens (tertiary/aromatic N) is 3. The molecule has 0 fully saturated rings. The Balaban J connectivity index is 1.70. The number of hydrogen-bond acceptors (Lipinski definition) is 6. The molecule has 0 spiro atoms. The molecule has 1 unspecified atom stereocenters. The minimum atomic E-state index is -4.45. The lowest BCUT2D eigenvalue weighted by Crippen LogP contribution is -2.24. The second-order valence-electron chi connectivity index (χ2n) is 5.65. The Kier molecular flexibility index (Phi) is 5.79. The predicted molar refractivity (Wildman–Crippen MR) is 99.9 cm³/mol. The minimum absolute atomic E-state index is 0.194. The van der Waals surface area contributed by atoms with Gasteiger partial charge in [-0.3, -0.25) is 14.5 Å². The molecule has 0 bridgehead atoms. The molecule has 12 heteroatoms. The third-order valence-corrected chi connectivity index (χ3v) is 4.75. The van der Waals surface area contributed by atoms with Gasteiger partial charge in [0.2, 0.25) is 11.8 Å². The Hall–Kier alpha value is -2.73. The first-order chi connectivity index (χ1) is 13.2. The number of aromatic amines is 1. The van der Waals surface area contributed by atoms with Crippen LogP contribution < -0.4 is 10.1 Å². The van der Waals surface area contributed by atoms with Crippen molar-refractivity contribution in [1.82, 2.24) is 19.7 Å². The highest BCUT2D eigenvalue weighted by atomic mass is 32.1. The molecule has 3 aromatic rings. The quantitative estimate of drug-likeness (QED) is 0.574. The Morgan fingerprint density at radius 3 is 2.82 bits per heavy atom. The molecule has 3 rings (SSSR count). The van der Waals surface area contributed by atoms with Gasteiger partial charge < -0.3 is 10.1 Å². The zero-order valence-electron chi connectivity index (χ0n) is 14.4. The molecule has 1 amide bonds. The number of carbonyl (C=O) groups excluding carboxylic acids is 1. The molecule has 0 aliphatic carbocycles. The van der Waals surface area contributed by atoms with Crippen LogP contribution in [0.1, 0.15) is 13.0 Å². The summed E-state index contributed by atoms with van der Waals surface area (Å²) in [6, 6.07) is 5.68. The Morgan fingerprint density at radius 1 is 1.43 bits per heavy atom. The fraction of sp³-hybridized carbons (Fsp3) is 0.250. The van der Waals surface area contributed by atoms with Crippen molar-refractivity contribution in [3.8, 4) is 16.6 Å². The van der Waals surface area contributed by atoms with Gasteiger partial charge in [-0.05, 0) is 36.7 Å². The van der Waals surface area contributed by atoms with E-state index in [-0.39, 0.29) is 11.8 Å². The molecule has 28 heavy (non-hydrogen) atoms. The monoisotopic (exact) mass is 429 g/mol. The third kappa shape index (κ3) is 4.75. The van der Waals surface area contributed by atoms with E-state index in [4.69, 9.17) is 12.2 Å². The van der Waals surface area contributed by atoms with Gasteiger partial charge in [0.05, 0.1) is 16.8 Å². The van der Waals surface area contributed by atoms with Gasteiger partial charge in [0, 0.05) is 6.07 Å². The maximum Gasteiger partial charge on any atom is 0.422 e. The summed E-state index contributed by atoms with van der Waals surface area (Å²) in [5.41, 5.74) is 0.309. The summed E-state index contributed by atoms with van der Waals surface area (Å²) >= 11 is 6.69. The number of thiophene rings is 1. The van der Waals surface area contributed by atoms with Crippen LogP contribution in [-0.4, -0.2) is 38.4 Å². The first kappa shape index (κ1) is 20.0. The standard InChI is InChI=1S/C16H14F3N5O2S2/c1-9(24-13(22-23-15(24)27)11-3-2-6-28-11)14(25)21-10-4-5-12(20-7-10)26-8-16(17,18)19/h2-7,9H,8H2,1H3,(H,21,25)(H,23,27). The number of amides is 1. The molecule has 7 nitrogen and oxygen atoms in total. The number of nitrogens with one attached hydrogen (secondary N) is 2. The predicted octanol–water partition coefficient (Wildman–Crippen LogP) is 4.20. The van der Waals surface area contributed by atoms with Crippen LogP contribution in [0.15, 0.2) is 35.8 Å². The summed E-state index contributed by atoms with van der Waals surface area (Å²) in [7, 11) is 0. The van der Waals surface area contributed by atoms with E-state index < -0.39 is 18.8 Å². The molecule has 1 atom stereocenters. The highest BCUT2D eigenvalue weighted by Gasteiger charge is 2.28. The summed E-state index contributed by atoms with van der Waals surface area (Å²) in [6.07, 6.45) is -3.24. The molecule has 0 radical (unpaired) electrons. The Bertz CT molecular complexity index is 997. The van der Waals surface area contributed by atoms with Gasteiger partial charge in [-0.2, -0.15) is 18.3 Å². The average molecular weight is 429 g/mol. The van der Waals surface area contributed by atoms with Crippen LogP contribution in [0, 0.1) is 4.77 Å². The second kappa shape index (κ2) is 8.10. The lowest BCUT2D eigenvalue weighted by atomic mass is 10.3. The summed E-state index contributed by atoms with van der Waals surface area (Å²) in [6.45, 7) is 0.221. The highest BCUT2D eigenvalue weighted by Crippen LogP contribution is 2.26. The van der Waals surface area contributed by atoms with Crippen LogP contribution in [0.4, 0.5) is 18.9 Å². The van der Waals surface area contributed by atoms with Gasteiger partial charge in [0.1, 0.15) is 6.04 Å². The molecule has 3 aromatic heterocycles. The van der Waals surface area contributed by atoms with E-state index in [1.165, 1.54) is 29.7 Å². The van der Waals surface area contributed by atoms with E-state index >= 15 is 0 Å². The SMILES string of the molecule is CC(C(=O)Nc1ccc(OCC(F)(F)F)nc1)n1c(-c2cccs2)n[nH]c1=S. The van der Waals surface area contributed by atoms with Crippen molar-refractivity contribution >= 4 is 35.1 Å². The lowest BCUT2D eigenvalue weighted by Gasteiger charge is -2.15. The van der Waals surface area contributed by atoms with Gasteiger partial charge in [-0.15, -0.1) is 11.3 Å². The van der Waals surface area contributed by atoms with Crippen molar-refractivity contribution in [2.45, 2.75) is 19.1 Å². The normalized spacial score (nSPS) is 12.6. The van der Waals surface area contributed by atoms with E-state index in [1.54, 1.807) is 11.5 Å². The smallest absolute Gasteiger partial charge is 0.422 e. The first-order valence-corrected chi connectivity index (χ1v) is 9.20. The van der Waals surface area contributed by atoms with E-state index in [2.05, 4.69) is 25.2 Å². The topological polar surface area (TPSA) is 84.8 Å². The number of halogens is 3. The van der Waals surface area contributed by atoms with E-state index in [0.29, 0.717) is 16.3 Å². The zero-order chi connectivity index (χ0) is 20.3. The fourth-order valence-electron chi connectivity index (χ4n) is 2.30. The fourth-order valence-corrected chi connectivity index (χ4v) is 3.30. The maximum absolute atomic E-state index is 12.6. The van der Waals surface area contributed by atoms with Crippen LogP contribution in [0.25, 0.3) is 10.7 Å². The van der Waals surface area contributed by atoms with Gasteiger partial charge in [0.25, 0.3) is 0 Å². The number of alkyl halides is 3.